The van der Waals surface area contributed by atoms with Gasteiger partial charge in [0.05, 0.1) is 11.6 Å². The molecule has 25 heavy (non-hydrogen) atoms. The van der Waals surface area contributed by atoms with Crippen molar-refractivity contribution in [2.24, 2.45) is 0 Å². The van der Waals surface area contributed by atoms with Crippen molar-refractivity contribution in [2.75, 3.05) is 20.1 Å². The molecule has 0 spiro atoms. The largest absolute Gasteiger partial charge is 0.490 e. The van der Waals surface area contributed by atoms with Crippen molar-refractivity contribution in [1.82, 2.24) is 20.0 Å². The van der Waals surface area contributed by atoms with Crippen molar-refractivity contribution in [3.63, 3.8) is 0 Å². The van der Waals surface area contributed by atoms with Crippen LogP contribution in [0.15, 0.2) is 18.2 Å². The van der Waals surface area contributed by atoms with Gasteiger partial charge in [0.2, 0.25) is 0 Å². The molecule has 3 heterocycles. The summed E-state index contributed by atoms with van der Waals surface area (Å²) in [6, 6.07) is 6.74. The van der Waals surface area contributed by atoms with Crippen molar-refractivity contribution in [3.8, 4) is 5.75 Å². The van der Waals surface area contributed by atoms with Crippen LogP contribution in [0.2, 0.25) is 0 Å². The monoisotopic (exact) mass is 340 g/mol. The summed E-state index contributed by atoms with van der Waals surface area (Å²) in [7, 11) is 2.14. The van der Waals surface area contributed by atoms with Crippen LogP contribution in [0.4, 0.5) is 0 Å². The van der Waals surface area contributed by atoms with E-state index in [1.54, 1.807) is 0 Å². The molecular formula is C19H24N4O2. The Labute approximate surface area is 147 Å². The fourth-order valence-corrected chi connectivity index (χ4v) is 4.68. The molecule has 1 saturated carbocycles. The van der Waals surface area contributed by atoms with Gasteiger partial charge in [0, 0.05) is 30.6 Å². The number of ether oxygens (including phenoxy) is 1. The lowest BCUT2D eigenvalue weighted by Crippen LogP contribution is -2.47. The van der Waals surface area contributed by atoms with Crippen LogP contribution in [0.25, 0.3) is 10.9 Å². The molecule has 2 saturated heterocycles. The van der Waals surface area contributed by atoms with Crippen LogP contribution in [-0.2, 0) is 0 Å². The average Bonchev–Trinajstić information content (AvgIpc) is 3.37. The SMILES string of the molecule is CN1C[C@@H]2C[C@H]1CN2C(=O)c1n[nH]c2ccc(OC3CCCC3)cc12. The van der Waals surface area contributed by atoms with Crippen LogP contribution in [0.3, 0.4) is 0 Å². The van der Waals surface area contributed by atoms with E-state index in [0.717, 1.165) is 49.0 Å². The van der Waals surface area contributed by atoms with E-state index in [-0.39, 0.29) is 5.91 Å². The number of H-pyrrole nitrogens is 1. The number of hydrogen-bond donors (Lipinski definition) is 1. The number of benzene rings is 1. The lowest BCUT2D eigenvalue weighted by atomic mass is 10.1. The molecule has 1 aromatic carbocycles. The van der Waals surface area contributed by atoms with Gasteiger partial charge >= 0.3 is 0 Å². The summed E-state index contributed by atoms with van der Waals surface area (Å²) in [5.74, 6) is 0.891. The number of likely N-dealkylation sites (N-methyl/N-ethyl adjacent to an activating group) is 1. The predicted molar refractivity (Wildman–Crippen MR) is 94.8 cm³/mol. The standard InChI is InChI=1S/C19H24N4O2/c1-22-10-13-8-12(22)11-23(13)19(24)18-16-9-15(6-7-17(16)20-21-18)25-14-4-2-3-5-14/h6-7,9,12-14H,2-5,8,10-11H2,1H3,(H,20,21)/t12-,13-/m0/s1. The van der Waals surface area contributed by atoms with E-state index in [1.807, 2.05) is 23.1 Å². The smallest absolute Gasteiger partial charge is 0.275 e. The van der Waals surface area contributed by atoms with E-state index in [2.05, 4.69) is 22.1 Å². The van der Waals surface area contributed by atoms with Gasteiger partial charge in [0.15, 0.2) is 5.69 Å². The molecule has 2 atom stereocenters. The van der Waals surface area contributed by atoms with E-state index < -0.39 is 0 Å². The lowest BCUT2D eigenvalue weighted by Gasteiger charge is -2.31. The van der Waals surface area contributed by atoms with Crippen molar-refractivity contribution in [1.29, 1.82) is 0 Å². The number of hydrogen-bond acceptors (Lipinski definition) is 4. The summed E-state index contributed by atoms with van der Waals surface area (Å²) in [6.07, 6.45) is 6.14. The molecule has 3 aliphatic rings. The molecule has 3 fully saturated rings. The Balaban J connectivity index is 1.42. The third-order valence-corrected chi connectivity index (χ3v) is 6.12. The zero-order valence-electron chi connectivity index (χ0n) is 14.6. The van der Waals surface area contributed by atoms with Crippen molar-refractivity contribution in [3.05, 3.63) is 23.9 Å². The molecule has 6 heteroatoms. The Bertz CT molecular complexity index is 809. The molecule has 2 aromatic rings. The number of aromatic amines is 1. The summed E-state index contributed by atoms with van der Waals surface area (Å²) in [4.78, 5) is 17.4. The van der Waals surface area contributed by atoms with Gasteiger partial charge in [-0.2, -0.15) is 5.10 Å². The molecule has 0 unspecified atom stereocenters. The average molecular weight is 340 g/mol. The first kappa shape index (κ1) is 15.2. The Morgan fingerprint density at radius 3 is 2.80 bits per heavy atom. The highest BCUT2D eigenvalue weighted by Crippen LogP contribution is 2.32. The number of fused-ring (bicyclic) bond motifs is 3. The Morgan fingerprint density at radius 1 is 1.24 bits per heavy atom. The molecule has 1 amide bonds. The topological polar surface area (TPSA) is 61.5 Å². The normalized spacial score (nSPS) is 26.8. The van der Waals surface area contributed by atoms with Crippen LogP contribution in [0.5, 0.6) is 5.75 Å². The van der Waals surface area contributed by atoms with Gasteiger partial charge in [-0.15, -0.1) is 0 Å². The molecule has 5 rings (SSSR count). The van der Waals surface area contributed by atoms with Gasteiger partial charge in [-0.3, -0.25) is 14.8 Å². The lowest BCUT2D eigenvalue weighted by molar-refractivity contribution is 0.0646. The second kappa shape index (κ2) is 5.73. The van der Waals surface area contributed by atoms with Crippen LogP contribution in [-0.4, -0.2) is 64.2 Å². The third-order valence-electron chi connectivity index (χ3n) is 6.12. The maximum atomic E-state index is 13.1. The Morgan fingerprint density at radius 2 is 2.08 bits per heavy atom. The van der Waals surface area contributed by atoms with Gasteiger partial charge in [-0.1, -0.05) is 0 Å². The number of piperazine rings is 1. The highest BCUT2D eigenvalue weighted by molar-refractivity contribution is 6.05. The first-order valence-electron chi connectivity index (χ1n) is 9.35. The molecule has 1 aromatic heterocycles. The fourth-order valence-electron chi connectivity index (χ4n) is 4.68. The quantitative estimate of drug-likeness (QED) is 0.932. The summed E-state index contributed by atoms with van der Waals surface area (Å²) in [6.45, 7) is 1.78. The highest BCUT2D eigenvalue weighted by atomic mass is 16.5. The summed E-state index contributed by atoms with van der Waals surface area (Å²) in [5, 5.41) is 8.20. The number of carbonyl (C=O) groups excluding carboxylic acids is 1. The van der Waals surface area contributed by atoms with E-state index in [0.29, 0.717) is 23.9 Å². The van der Waals surface area contributed by atoms with E-state index >= 15 is 0 Å². The molecule has 6 nitrogen and oxygen atoms in total. The minimum atomic E-state index is 0.0462. The van der Waals surface area contributed by atoms with E-state index in [1.165, 1.54) is 12.8 Å². The van der Waals surface area contributed by atoms with Gasteiger partial charge < -0.3 is 9.64 Å². The summed E-state index contributed by atoms with van der Waals surface area (Å²) < 4.78 is 6.10. The van der Waals surface area contributed by atoms with Crippen molar-refractivity contribution in [2.45, 2.75) is 50.3 Å². The molecular weight excluding hydrogens is 316 g/mol. The van der Waals surface area contributed by atoms with Crippen molar-refractivity contribution < 1.29 is 9.53 Å². The number of carbonyl (C=O) groups is 1. The number of aromatic nitrogens is 2. The number of likely N-dealkylation sites (tertiary alicyclic amines) is 2. The second-order valence-electron chi connectivity index (χ2n) is 7.74. The van der Waals surface area contributed by atoms with E-state index in [4.69, 9.17) is 4.74 Å². The molecule has 0 radical (unpaired) electrons. The molecule has 1 N–H and O–H groups in total. The highest BCUT2D eigenvalue weighted by Gasteiger charge is 2.44. The summed E-state index contributed by atoms with van der Waals surface area (Å²) >= 11 is 0. The van der Waals surface area contributed by atoms with Crippen LogP contribution < -0.4 is 4.74 Å². The van der Waals surface area contributed by atoms with Crippen LogP contribution >= 0.6 is 0 Å². The minimum Gasteiger partial charge on any atom is -0.490 e. The summed E-state index contributed by atoms with van der Waals surface area (Å²) in [5.41, 5.74) is 1.42. The molecule has 2 bridgehead atoms. The van der Waals surface area contributed by atoms with Crippen LogP contribution in [0.1, 0.15) is 42.6 Å². The number of rotatable bonds is 3. The maximum absolute atomic E-state index is 13.1. The fraction of sp³-hybridized carbons (Fsp3) is 0.579. The molecule has 1 aliphatic carbocycles. The number of nitrogens with one attached hydrogen (secondary N) is 1. The van der Waals surface area contributed by atoms with Crippen LogP contribution in [0, 0.1) is 0 Å². The van der Waals surface area contributed by atoms with Gasteiger partial charge in [0.1, 0.15) is 5.75 Å². The number of nitrogens with zero attached hydrogens (tertiary/aromatic N) is 3. The Hall–Kier alpha value is -2.08. The van der Waals surface area contributed by atoms with Gasteiger partial charge in [-0.05, 0) is 57.4 Å². The first-order chi connectivity index (χ1) is 12.2. The second-order valence-corrected chi connectivity index (χ2v) is 7.74. The third kappa shape index (κ3) is 2.51. The first-order valence-corrected chi connectivity index (χ1v) is 9.35. The zero-order valence-corrected chi connectivity index (χ0v) is 14.6. The predicted octanol–water partition coefficient (Wildman–Crippen LogP) is 2.41. The molecule has 132 valence electrons. The Kier molecular flexibility index (Phi) is 3.48. The van der Waals surface area contributed by atoms with Gasteiger partial charge in [0.25, 0.3) is 5.91 Å². The molecule has 2 aliphatic heterocycles. The van der Waals surface area contributed by atoms with Crippen molar-refractivity contribution >= 4 is 16.8 Å². The van der Waals surface area contributed by atoms with E-state index in [9.17, 15) is 4.79 Å². The van der Waals surface area contributed by atoms with Gasteiger partial charge in [-0.25, -0.2) is 0 Å². The number of amides is 1. The zero-order chi connectivity index (χ0) is 17.0. The minimum absolute atomic E-state index is 0.0462. The maximum Gasteiger partial charge on any atom is 0.275 e.